The molecule has 1 fully saturated rings. The summed E-state index contributed by atoms with van der Waals surface area (Å²) in [6, 6.07) is 2.73. The van der Waals surface area contributed by atoms with E-state index < -0.39 is 22.8 Å². The molecule has 1 saturated heterocycles. The summed E-state index contributed by atoms with van der Waals surface area (Å²) >= 11 is 0. The second kappa shape index (κ2) is 6.93. The molecule has 1 aromatic heterocycles. The highest BCUT2D eigenvalue weighted by molar-refractivity contribution is 5.92. The molecule has 0 spiro atoms. The predicted molar refractivity (Wildman–Crippen MR) is 93.3 cm³/mol. The zero-order chi connectivity index (χ0) is 18.1. The van der Waals surface area contributed by atoms with Gasteiger partial charge in [-0.25, -0.2) is 9.18 Å². The van der Waals surface area contributed by atoms with Gasteiger partial charge in [0.15, 0.2) is 0 Å². The molecule has 0 radical (unpaired) electrons. The highest BCUT2D eigenvalue weighted by Crippen LogP contribution is 2.23. The zero-order valence-electron chi connectivity index (χ0n) is 14.1. The number of rotatable bonds is 5. The number of fused-ring (bicyclic) bond motifs is 1. The molecule has 0 bridgehead atoms. The Morgan fingerprint density at radius 3 is 2.84 bits per heavy atom. The maximum absolute atomic E-state index is 14.4. The SMILES string of the molecule is CC1CN(CCc2cc3[nH]cc(C(=O)O)c(=O)c3cc2F)CC1CN. The number of carboxylic acid groups (broad SMARTS) is 1. The minimum absolute atomic E-state index is 0.0548. The van der Waals surface area contributed by atoms with E-state index in [0.717, 1.165) is 31.9 Å². The van der Waals surface area contributed by atoms with E-state index in [1.54, 1.807) is 6.07 Å². The number of benzene rings is 1. The summed E-state index contributed by atoms with van der Waals surface area (Å²) in [5.74, 6) is -0.794. The number of nitrogens with zero attached hydrogens (tertiary/aromatic N) is 1. The molecule has 1 aromatic carbocycles. The second-order valence-electron chi connectivity index (χ2n) is 6.81. The largest absolute Gasteiger partial charge is 0.477 e. The monoisotopic (exact) mass is 347 g/mol. The topological polar surface area (TPSA) is 99.4 Å². The van der Waals surface area contributed by atoms with Crippen LogP contribution in [0.15, 0.2) is 23.1 Å². The van der Waals surface area contributed by atoms with E-state index in [9.17, 15) is 14.0 Å². The highest BCUT2D eigenvalue weighted by Gasteiger charge is 2.28. The van der Waals surface area contributed by atoms with Crippen LogP contribution in [0.3, 0.4) is 0 Å². The van der Waals surface area contributed by atoms with Gasteiger partial charge in [0.1, 0.15) is 11.4 Å². The lowest BCUT2D eigenvalue weighted by Gasteiger charge is -2.16. The number of aromatic carboxylic acids is 1. The summed E-state index contributed by atoms with van der Waals surface area (Å²) in [6.07, 6.45) is 1.68. The van der Waals surface area contributed by atoms with Gasteiger partial charge in [-0.3, -0.25) is 4.79 Å². The van der Waals surface area contributed by atoms with Crippen molar-refractivity contribution >= 4 is 16.9 Å². The van der Waals surface area contributed by atoms with Crippen molar-refractivity contribution in [3.05, 3.63) is 45.5 Å². The van der Waals surface area contributed by atoms with Gasteiger partial charge in [-0.2, -0.15) is 0 Å². The average Bonchev–Trinajstić information content (AvgIpc) is 2.93. The van der Waals surface area contributed by atoms with E-state index in [1.165, 1.54) is 0 Å². The van der Waals surface area contributed by atoms with Crippen LogP contribution in [0, 0.1) is 17.7 Å². The van der Waals surface area contributed by atoms with E-state index in [-0.39, 0.29) is 5.39 Å². The maximum Gasteiger partial charge on any atom is 0.341 e. The first-order valence-corrected chi connectivity index (χ1v) is 8.40. The van der Waals surface area contributed by atoms with E-state index >= 15 is 0 Å². The lowest BCUT2D eigenvalue weighted by Crippen LogP contribution is -2.25. The van der Waals surface area contributed by atoms with Crippen molar-refractivity contribution < 1.29 is 14.3 Å². The molecule has 0 amide bonds. The lowest BCUT2D eigenvalue weighted by atomic mass is 9.99. The third kappa shape index (κ3) is 3.43. The molecule has 25 heavy (non-hydrogen) atoms. The van der Waals surface area contributed by atoms with E-state index in [2.05, 4.69) is 16.8 Å². The molecule has 2 heterocycles. The van der Waals surface area contributed by atoms with Gasteiger partial charge >= 0.3 is 5.97 Å². The third-order valence-electron chi connectivity index (χ3n) is 5.12. The van der Waals surface area contributed by atoms with Gasteiger partial charge in [-0.05, 0) is 42.5 Å². The van der Waals surface area contributed by atoms with E-state index in [4.69, 9.17) is 10.8 Å². The number of carbonyl (C=O) groups is 1. The normalized spacial score (nSPS) is 21.1. The standard InChI is InChI=1S/C18H22FN3O3/c1-10-8-22(9-12(10)6-20)3-2-11-4-16-13(5-15(11)19)17(23)14(7-21-16)18(24)25/h4-5,7,10,12H,2-3,6,8-9,20H2,1H3,(H,21,23)(H,24,25). The Bertz CT molecular complexity index is 865. The summed E-state index contributed by atoms with van der Waals surface area (Å²) in [6.45, 7) is 5.44. The minimum atomic E-state index is -1.33. The van der Waals surface area contributed by atoms with Crippen LogP contribution >= 0.6 is 0 Å². The number of carboxylic acids is 1. The molecule has 134 valence electrons. The Kier molecular flexibility index (Phi) is 4.87. The fraction of sp³-hybridized carbons (Fsp3) is 0.444. The van der Waals surface area contributed by atoms with Gasteiger partial charge in [-0.15, -0.1) is 0 Å². The summed E-state index contributed by atoms with van der Waals surface area (Å²) in [5.41, 5.74) is 5.65. The van der Waals surface area contributed by atoms with Crippen LogP contribution in [-0.2, 0) is 6.42 Å². The summed E-state index contributed by atoms with van der Waals surface area (Å²) < 4.78 is 14.4. The molecule has 7 heteroatoms. The average molecular weight is 347 g/mol. The Morgan fingerprint density at radius 1 is 1.44 bits per heavy atom. The van der Waals surface area contributed by atoms with Crippen molar-refractivity contribution in [2.24, 2.45) is 17.6 Å². The molecule has 0 saturated carbocycles. The fourth-order valence-corrected chi connectivity index (χ4v) is 3.55. The van der Waals surface area contributed by atoms with Gasteiger partial charge in [0.25, 0.3) is 0 Å². The van der Waals surface area contributed by atoms with Crippen molar-refractivity contribution in [1.29, 1.82) is 0 Å². The summed E-state index contributed by atoms with van der Waals surface area (Å²) in [4.78, 5) is 28.2. The first-order valence-electron chi connectivity index (χ1n) is 8.40. The molecule has 2 aromatic rings. The second-order valence-corrected chi connectivity index (χ2v) is 6.81. The number of aromatic nitrogens is 1. The first kappa shape index (κ1) is 17.6. The fourth-order valence-electron chi connectivity index (χ4n) is 3.55. The smallest absolute Gasteiger partial charge is 0.341 e. The van der Waals surface area contributed by atoms with Crippen LogP contribution in [0.1, 0.15) is 22.8 Å². The van der Waals surface area contributed by atoms with Crippen LogP contribution in [-0.4, -0.2) is 47.1 Å². The van der Waals surface area contributed by atoms with Crippen molar-refractivity contribution in [2.45, 2.75) is 13.3 Å². The number of halogens is 1. The molecule has 4 N–H and O–H groups in total. The third-order valence-corrected chi connectivity index (χ3v) is 5.12. The van der Waals surface area contributed by atoms with Gasteiger partial charge < -0.3 is 20.7 Å². The Balaban J connectivity index is 1.81. The molecule has 1 aliphatic rings. The van der Waals surface area contributed by atoms with Crippen molar-refractivity contribution in [2.75, 3.05) is 26.2 Å². The number of hydrogen-bond donors (Lipinski definition) is 3. The van der Waals surface area contributed by atoms with Gasteiger partial charge in [0, 0.05) is 36.7 Å². The van der Waals surface area contributed by atoms with Crippen LogP contribution < -0.4 is 11.2 Å². The number of H-pyrrole nitrogens is 1. The number of nitrogens with one attached hydrogen (secondary N) is 1. The van der Waals surface area contributed by atoms with E-state index in [1.807, 2.05) is 0 Å². The molecule has 2 atom stereocenters. The van der Waals surface area contributed by atoms with Gasteiger partial charge in [0.05, 0.1) is 0 Å². The van der Waals surface area contributed by atoms with Crippen molar-refractivity contribution in [3.63, 3.8) is 0 Å². The number of nitrogens with two attached hydrogens (primary N) is 1. The summed E-state index contributed by atoms with van der Waals surface area (Å²) in [5, 5.41) is 9.04. The van der Waals surface area contributed by atoms with Gasteiger partial charge in [0.2, 0.25) is 5.43 Å². The lowest BCUT2D eigenvalue weighted by molar-refractivity contribution is 0.0695. The molecular formula is C18H22FN3O3. The van der Waals surface area contributed by atoms with Gasteiger partial charge in [-0.1, -0.05) is 6.92 Å². The maximum atomic E-state index is 14.4. The predicted octanol–water partition coefficient (Wildman–Crippen LogP) is 1.43. The Labute approximate surface area is 144 Å². The zero-order valence-corrected chi connectivity index (χ0v) is 14.1. The van der Waals surface area contributed by atoms with Crippen LogP contribution in [0.25, 0.3) is 10.9 Å². The van der Waals surface area contributed by atoms with Crippen LogP contribution in [0.5, 0.6) is 0 Å². The number of likely N-dealkylation sites (tertiary alicyclic amines) is 1. The molecular weight excluding hydrogens is 325 g/mol. The summed E-state index contributed by atoms with van der Waals surface area (Å²) in [7, 11) is 0. The number of hydrogen-bond acceptors (Lipinski definition) is 4. The van der Waals surface area contributed by atoms with Crippen molar-refractivity contribution in [1.82, 2.24) is 9.88 Å². The quantitative estimate of drug-likeness (QED) is 0.760. The number of pyridine rings is 1. The highest BCUT2D eigenvalue weighted by atomic mass is 19.1. The Hall–Kier alpha value is -2.25. The first-order chi connectivity index (χ1) is 11.9. The minimum Gasteiger partial charge on any atom is -0.477 e. The molecule has 0 aliphatic carbocycles. The molecule has 2 unspecified atom stereocenters. The van der Waals surface area contributed by atoms with E-state index in [0.29, 0.717) is 35.9 Å². The van der Waals surface area contributed by atoms with Crippen LogP contribution in [0.4, 0.5) is 4.39 Å². The van der Waals surface area contributed by atoms with Crippen LogP contribution in [0.2, 0.25) is 0 Å². The number of aromatic amines is 1. The molecule has 3 rings (SSSR count). The molecule has 6 nitrogen and oxygen atoms in total. The molecule has 1 aliphatic heterocycles. The van der Waals surface area contributed by atoms with Crippen molar-refractivity contribution in [3.8, 4) is 0 Å². The Morgan fingerprint density at radius 2 is 2.20 bits per heavy atom.